The summed E-state index contributed by atoms with van der Waals surface area (Å²) in [5.41, 5.74) is -2.76. The van der Waals surface area contributed by atoms with Gasteiger partial charge in [-0.1, -0.05) is 19.9 Å². The average molecular weight is 456 g/mol. The molecule has 2 aliphatic rings. The van der Waals surface area contributed by atoms with Gasteiger partial charge in [0.15, 0.2) is 0 Å². The topological polar surface area (TPSA) is 85.3 Å². The van der Waals surface area contributed by atoms with E-state index in [1.165, 1.54) is 19.2 Å². The van der Waals surface area contributed by atoms with Gasteiger partial charge in [0.1, 0.15) is 29.0 Å². The smallest absolute Gasteiger partial charge is 0.354 e. The zero-order chi connectivity index (χ0) is 23.9. The fourth-order valence-corrected chi connectivity index (χ4v) is 4.20. The number of imide groups is 1. The van der Waals surface area contributed by atoms with E-state index in [1.807, 2.05) is 13.8 Å². The third-order valence-corrected chi connectivity index (χ3v) is 5.66. The van der Waals surface area contributed by atoms with Crippen molar-refractivity contribution in [3.63, 3.8) is 0 Å². The second kappa shape index (κ2) is 8.38. The Bertz CT molecular complexity index is 1140. The number of ether oxygens (including phenoxy) is 2. The van der Waals surface area contributed by atoms with Crippen LogP contribution in [0.15, 0.2) is 47.5 Å². The third-order valence-electron chi connectivity index (χ3n) is 5.66. The summed E-state index contributed by atoms with van der Waals surface area (Å²) in [7, 11) is 1.48. The van der Waals surface area contributed by atoms with Gasteiger partial charge in [-0.05, 0) is 48.7 Å². The van der Waals surface area contributed by atoms with E-state index in [9.17, 15) is 23.2 Å². The minimum absolute atomic E-state index is 0.00530. The molecular formula is C24H22F2N2O5. The maximum atomic E-state index is 14.9. The number of amides is 2. The van der Waals surface area contributed by atoms with Crippen molar-refractivity contribution in [3.05, 3.63) is 59.7 Å². The number of cyclic esters (lactones) is 1. The monoisotopic (exact) mass is 456 g/mol. The molecule has 9 heteroatoms. The lowest BCUT2D eigenvalue weighted by atomic mass is 9.87. The molecule has 2 aromatic rings. The number of methoxy groups -OCH3 is 1. The Morgan fingerprint density at radius 2 is 1.76 bits per heavy atom. The Hall–Kier alpha value is -3.62. The van der Waals surface area contributed by atoms with Crippen molar-refractivity contribution < 1.29 is 32.6 Å². The van der Waals surface area contributed by atoms with Crippen molar-refractivity contribution >= 4 is 29.2 Å². The summed E-state index contributed by atoms with van der Waals surface area (Å²) in [6, 6.07) is 9.32. The number of anilines is 1. The molecular weight excluding hydrogens is 434 g/mol. The van der Waals surface area contributed by atoms with Gasteiger partial charge in [-0.3, -0.25) is 14.5 Å². The number of hydrogen-bond donors (Lipinski definition) is 0. The van der Waals surface area contributed by atoms with Gasteiger partial charge in [-0.15, -0.1) is 0 Å². The Morgan fingerprint density at radius 3 is 2.33 bits per heavy atom. The van der Waals surface area contributed by atoms with Crippen molar-refractivity contribution in [1.82, 2.24) is 0 Å². The highest BCUT2D eigenvalue weighted by molar-refractivity contribution is 6.38. The van der Waals surface area contributed by atoms with E-state index in [1.54, 1.807) is 12.1 Å². The van der Waals surface area contributed by atoms with Crippen LogP contribution in [0.5, 0.6) is 5.75 Å². The minimum Gasteiger partial charge on any atom is -0.497 e. The van der Waals surface area contributed by atoms with Crippen molar-refractivity contribution in [2.75, 3.05) is 12.0 Å². The van der Waals surface area contributed by atoms with Gasteiger partial charge >= 0.3 is 5.97 Å². The molecule has 0 N–H and O–H groups in total. The Labute approximate surface area is 189 Å². The molecule has 4 rings (SSSR count). The summed E-state index contributed by atoms with van der Waals surface area (Å²) < 4.78 is 40.4. The quantitative estimate of drug-likeness (QED) is 0.488. The van der Waals surface area contributed by atoms with Crippen LogP contribution in [0, 0.1) is 23.5 Å². The van der Waals surface area contributed by atoms with Crippen LogP contribution in [0.3, 0.4) is 0 Å². The number of carbonyl (C=O) groups is 3. The molecule has 33 heavy (non-hydrogen) atoms. The van der Waals surface area contributed by atoms with Gasteiger partial charge in [-0.2, -0.15) is 0 Å². The Balaban J connectivity index is 1.84. The zero-order valence-electron chi connectivity index (χ0n) is 18.3. The van der Waals surface area contributed by atoms with Gasteiger partial charge in [0, 0.05) is 6.42 Å². The van der Waals surface area contributed by atoms with Crippen LogP contribution in [-0.2, 0) is 24.8 Å². The van der Waals surface area contributed by atoms with Gasteiger partial charge in [0.2, 0.25) is 17.5 Å². The first-order valence-electron chi connectivity index (χ1n) is 10.5. The van der Waals surface area contributed by atoms with Crippen LogP contribution in [0.1, 0.15) is 32.3 Å². The number of carbonyl (C=O) groups excluding carboxylic acids is 3. The van der Waals surface area contributed by atoms with Crippen LogP contribution in [0.4, 0.5) is 14.5 Å². The number of benzene rings is 2. The predicted molar refractivity (Wildman–Crippen MR) is 115 cm³/mol. The number of aliphatic imine (C=N–C) groups is 1. The summed E-state index contributed by atoms with van der Waals surface area (Å²) in [5, 5.41) is 0. The normalized spacial score (nSPS) is 22.7. The standard InChI is InChI=1S/C24H22F2N2O5/c1-13(2)11-19-23(31)33-24(27-19,21-17(25)5-4-6-18(21)26)16-12-20(29)28(22(16)30)14-7-9-15(32-3)10-8-14/h4-10,13,16H,11-12H2,1-3H3/t16-,24+/m0/s1. The Kier molecular flexibility index (Phi) is 5.73. The van der Waals surface area contributed by atoms with Crippen molar-refractivity contribution in [3.8, 4) is 5.75 Å². The van der Waals surface area contributed by atoms with Gasteiger partial charge in [0.25, 0.3) is 0 Å². The molecule has 172 valence electrons. The molecule has 0 aromatic heterocycles. The fourth-order valence-electron chi connectivity index (χ4n) is 4.20. The lowest BCUT2D eigenvalue weighted by Crippen LogP contribution is -2.42. The third kappa shape index (κ3) is 3.77. The average Bonchev–Trinajstić information content (AvgIpc) is 3.24. The highest BCUT2D eigenvalue weighted by Gasteiger charge is 2.60. The maximum absolute atomic E-state index is 14.9. The van der Waals surface area contributed by atoms with E-state index in [-0.39, 0.29) is 23.7 Å². The van der Waals surface area contributed by atoms with Crippen LogP contribution in [0.25, 0.3) is 0 Å². The predicted octanol–water partition coefficient (Wildman–Crippen LogP) is 3.75. The largest absolute Gasteiger partial charge is 0.497 e. The van der Waals surface area contributed by atoms with Crippen LogP contribution >= 0.6 is 0 Å². The SMILES string of the molecule is COc1ccc(N2C(=O)C[C@H]([C@@]3(c4c(F)cccc4F)N=C(CC(C)C)C(=O)O3)C2=O)cc1. The molecule has 0 bridgehead atoms. The molecule has 1 fully saturated rings. The molecule has 1 saturated heterocycles. The number of esters is 1. The first kappa shape index (κ1) is 22.6. The molecule has 2 aliphatic heterocycles. The fraction of sp³-hybridized carbons (Fsp3) is 0.333. The number of hydrogen-bond acceptors (Lipinski definition) is 6. The molecule has 0 unspecified atom stereocenters. The Morgan fingerprint density at radius 1 is 1.12 bits per heavy atom. The van der Waals surface area contributed by atoms with E-state index >= 15 is 0 Å². The van der Waals surface area contributed by atoms with Gasteiger partial charge in [-0.25, -0.2) is 18.6 Å². The minimum atomic E-state index is -2.31. The van der Waals surface area contributed by atoms with Crippen LogP contribution < -0.4 is 9.64 Å². The molecule has 0 radical (unpaired) electrons. The van der Waals surface area contributed by atoms with Crippen LogP contribution in [-0.4, -0.2) is 30.6 Å². The molecule has 2 aromatic carbocycles. The molecule has 2 heterocycles. The van der Waals surface area contributed by atoms with Crippen molar-refractivity contribution in [1.29, 1.82) is 0 Å². The van der Waals surface area contributed by atoms with Gasteiger partial charge in [0.05, 0.1) is 18.4 Å². The lowest BCUT2D eigenvalue weighted by Gasteiger charge is -2.30. The molecule has 2 atom stereocenters. The summed E-state index contributed by atoms with van der Waals surface area (Å²) in [6.07, 6.45) is -0.252. The molecule has 0 saturated carbocycles. The van der Waals surface area contributed by atoms with Crippen LogP contribution in [0.2, 0.25) is 0 Å². The van der Waals surface area contributed by atoms with Gasteiger partial charge < -0.3 is 9.47 Å². The molecule has 7 nitrogen and oxygen atoms in total. The molecule has 2 amide bonds. The number of rotatable bonds is 6. The van der Waals surface area contributed by atoms with E-state index in [0.717, 1.165) is 23.1 Å². The van der Waals surface area contributed by atoms with Crippen molar-refractivity contribution in [2.45, 2.75) is 32.4 Å². The first-order chi connectivity index (χ1) is 15.7. The zero-order valence-corrected chi connectivity index (χ0v) is 18.3. The second-order valence-electron chi connectivity index (χ2n) is 8.36. The molecule has 0 spiro atoms. The first-order valence-corrected chi connectivity index (χ1v) is 10.5. The summed E-state index contributed by atoms with van der Waals surface area (Å²) in [5.74, 6) is -5.21. The maximum Gasteiger partial charge on any atom is 0.354 e. The van der Waals surface area contributed by atoms with E-state index in [2.05, 4.69) is 4.99 Å². The van der Waals surface area contributed by atoms with Crippen molar-refractivity contribution in [2.24, 2.45) is 16.8 Å². The second-order valence-corrected chi connectivity index (χ2v) is 8.36. The summed E-state index contributed by atoms with van der Waals surface area (Å²) in [6.45, 7) is 3.68. The number of nitrogens with zero attached hydrogens (tertiary/aromatic N) is 2. The summed E-state index contributed by atoms with van der Waals surface area (Å²) >= 11 is 0. The molecule has 0 aliphatic carbocycles. The van der Waals surface area contributed by atoms with E-state index in [0.29, 0.717) is 5.75 Å². The highest BCUT2D eigenvalue weighted by atomic mass is 19.1. The number of halogens is 2. The van der Waals surface area contributed by atoms with E-state index in [4.69, 9.17) is 9.47 Å². The summed E-state index contributed by atoms with van der Waals surface area (Å²) in [4.78, 5) is 44.2. The van der Waals surface area contributed by atoms with E-state index < -0.39 is 53.0 Å². The highest BCUT2D eigenvalue weighted by Crippen LogP contribution is 2.47. The lowest BCUT2D eigenvalue weighted by molar-refractivity contribution is -0.157.